The molecular weight excluding hydrogens is 197 g/mol. The molecule has 1 aromatic rings. The van der Waals surface area contributed by atoms with Crippen molar-refractivity contribution in [2.75, 3.05) is 12.3 Å². The summed E-state index contributed by atoms with van der Waals surface area (Å²) in [4.78, 5) is 4.55. The van der Waals surface area contributed by atoms with Gasteiger partial charge in [0.15, 0.2) is 0 Å². The zero-order valence-corrected chi connectivity index (χ0v) is 7.38. The van der Waals surface area contributed by atoms with Gasteiger partial charge in [-0.3, -0.25) is 4.84 Å². The first-order chi connectivity index (χ1) is 6.45. The van der Waals surface area contributed by atoms with Gasteiger partial charge in [0.2, 0.25) is 0 Å². The minimum Gasteiger partial charge on any atom is -0.261 e. The number of benzene rings is 1. The number of halogens is 3. The summed E-state index contributed by atoms with van der Waals surface area (Å²) in [5, 5.41) is 0.759. The highest BCUT2D eigenvalue weighted by Crippen LogP contribution is 2.31. The summed E-state index contributed by atoms with van der Waals surface area (Å²) in [5.74, 6) is 5.25. The molecule has 2 N–H and O–H groups in total. The van der Waals surface area contributed by atoms with Gasteiger partial charge in [0.05, 0.1) is 18.4 Å². The predicted octanol–water partition coefficient (Wildman–Crippen LogP) is 1.95. The molecule has 0 saturated carbocycles. The average molecular weight is 206 g/mol. The van der Waals surface area contributed by atoms with E-state index in [1.807, 2.05) is 0 Å². The van der Waals surface area contributed by atoms with Crippen LogP contribution in [0.4, 0.5) is 18.9 Å². The van der Waals surface area contributed by atoms with E-state index < -0.39 is 11.7 Å². The normalized spacial score (nSPS) is 11.5. The van der Waals surface area contributed by atoms with Crippen molar-refractivity contribution >= 4 is 5.69 Å². The van der Waals surface area contributed by atoms with Crippen LogP contribution in [0.3, 0.4) is 0 Å². The Morgan fingerprint density at radius 2 is 2.00 bits per heavy atom. The summed E-state index contributed by atoms with van der Waals surface area (Å²) >= 11 is 0. The number of anilines is 1. The minimum absolute atomic E-state index is 0.141. The lowest BCUT2D eigenvalue weighted by molar-refractivity contribution is -0.137. The third-order valence-corrected chi connectivity index (χ3v) is 1.62. The summed E-state index contributed by atoms with van der Waals surface area (Å²) in [6, 6.07) is 4.55. The summed E-state index contributed by atoms with van der Waals surface area (Å²) in [5.41, 5.74) is -0.621. The van der Waals surface area contributed by atoms with Gasteiger partial charge in [0.1, 0.15) is 0 Å². The Labute approximate surface area is 78.8 Å². The number of alkyl halides is 3. The second-order valence-corrected chi connectivity index (χ2v) is 2.56. The highest BCUT2D eigenvalue weighted by atomic mass is 19.4. The highest BCUT2D eigenvalue weighted by Gasteiger charge is 2.30. The second-order valence-electron chi connectivity index (χ2n) is 2.56. The molecule has 0 aliphatic carbocycles. The van der Waals surface area contributed by atoms with Crippen LogP contribution in [0.2, 0.25) is 0 Å². The molecule has 1 aromatic carbocycles. The number of nitrogens with two attached hydrogens (primary N) is 1. The molecule has 1 rings (SSSR count). The van der Waals surface area contributed by atoms with Crippen LogP contribution < -0.4 is 11.0 Å². The molecule has 0 fully saturated rings. The monoisotopic (exact) mass is 206 g/mol. The zero-order chi connectivity index (χ0) is 10.8. The number of rotatable bonds is 2. The zero-order valence-electron chi connectivity index (χ0n) is 7.38. The molecule has 0 unspecified atom stereocenters. The number of nitrogens with zero attached hydrogens (tertiary/aromatic N) is 1. The molecule has 0 bridgehead atoms. The molecule has 0 aromatic heterocycles. The van der Waals surface area contributed by atoms with Gasteiger partial charge in [-0.2, -0.15) is 18.3 Å². The van der Waals surface area contributed by atoms with E-state index in [1.165, 1.54) is 19.2 Å². The second kappa shape index (κ2) is 3.85. The van der Waals surface area contributed by atoms with Crippen LogP contribution in [0.15, 0.2) is 24.3 Å². The first kappa shape index (κ1) is 10.8. The maximum Gasteiger partial charge on any atom is 0.416 e. The van der Waals surface area contributed by atoms with Crippen LogP contribution in [0.25, 0.3) is 0 Å². The van der Waals surface area contributed by atoms with Crippen LogP contribution in [0.1, 0.15) is 5.56 Å². The van der Waals surface area contributed by atoms with Crippen LogP contribution in [0.5, 0.6) is 0 Å². The summed E-state index contributed by atoms with van der Waals surface area (Å²) in [6.07, 6.45) is -4.37. The smallest absolute Gasteiger partial charge is 0.261 e. The van der Waals surface area contributed by atoms with Gasteiger partial charge in [0, 0.05) is 0 Å². The molecule has 3 nitrogen and oxygen atoms in total. The number of hydrogen-bond donors (Lipinski definition) is 1. The van der Waals surface area contributed by atoms with E-state index in [-0.39, 0.29) is 5.69 Å². The third-order valence-electron chi connectivity index (χ3n) is 1.62. The van der Waals surface area contributed by atoms with Gasteiger partial charge in [-0.15, -0.1) is 0 Å². The topological polar surface area (TPSA) is 38.5 Å². The molecule has 0 saturated heterocycles. The molecule has 78 valence electrons. The van der Waals surface area contributed by atoms with Crippen LogP contribution in [-0.2, 0) is 11.0 Å². The fourth-order valence-corrected chi connectivity index (χ4v) is 0.925. The van der Waals surface area contributed by atoms with Crippen LogP contribution in [0, 0.1) is 0 Å². The Hall–Kier alpha value is -1.27. The van der Waals surface area contributed by atoms with Gasteiger partial charge < -0.3 is 0 Å². The fourth-order valence-electron chi connectivity index (χ4n) is 0.925. The van der Waals surface area contributed by atoms with Gasteiger partial charge >= 0.3 is 6.18 Å². The van der Waals surface area contributed by atoms with E-state index in [0.717, 1.165) is 17.3 Å². The van der Waals surface area contributed by atoms with E-state index >= 15 is 0 Å². The average Bonchev–Trinajstić information content (AvgIpc) is 2.15. The Bertz CT molecular complexity index is 314. The van der Waals surface area contributed by atoms with Crippen molar-refractivity contribution in [3.63, 3.8) is 0 Å². The van der Waals surface area contributed by atoms with Gasteiger partial charge in [0.25, 0.3) is 0 Å². The maximum absolute atomic E-state index is 12.2. The lowest BCUT2D eigenvalue weighted by Gasteiger charge is -2.16. The maximum atomic E-state index is 12.2. The molecular formula is C8H9F3N2O. The molecule has 0 heterocycles. The van der Waals surface area contributed by atoms with Crippen molar-refractivity contribution in [2.45, 2.75) is 6.18 Å². The Morgan fingerprint density at radius 1 is 1.36 bits per heavy atom. The van der Waals surface area contributed by atoms with E-state index in [2.05, 4.69) is 4.84 Å². The minimum atomic E-state index is -4.37. The summed E-state index contributed by atoms with van der Waals surface area (Å²) in [7, 11) is 1.26. The SMILES string of the molecule is CON(N)c1cccc(C(F)(F)F)c1. The molecule has 0 aliphatic heterocycles. The summed E-state index contributed by atoms with van der Waals surface area (Å²) < 4.78 is 36.7. The standard InChI is InChI=1S/C8H9F3N2O/c1-14-13(12)7-4-2-3-6(5-7)8(9,10)11/h2-5H,12H2,1H3. The van der Waals surface area contributed by atoms with Gasteiger partial charge in [-0.05, 0) is 18.2 Å². The molecule has 0 radical (unpaired) electrons. The molecule has 0 spiro atoms. The quantitative estimate of drug-likeness (QED) is 0.593. The van der Waals surface area contributed by atoms with Crippen molar-refractivity contribution in [2.24, 2.45) is 5.84 Å². The van der Waals surface area contributed by atoms with Gasteiger partial charge in [-0.25, -0.2) is 5.84 Å². The van der Waals surface area contributed by atoms with Crippen molar-refractivity contribution in [1.29, 1.82) is 0 Å². The Balaban J connectivity index is 3.01. The predicted molar refractivity (Wildman–Crippen MR) is 45.1 cm³/mol. The Morgan fingerprint density at radius 3 is 2.50 bits per heavy atom. The Kier molecular flexibility index (Phi) is 2.97. The lowest BCUT2D eigenvalue weighted by Crippen LogP contribution is -2.29. The molecule has 0 aliphatic rings. The van der Waals surface area contributed by atoms with Crippen molar-refractivity contribution in [3.05, 3.63) is 29.8 Å². The number of hydrazine groups is 1. The lowest BCUT2D eigenvalue weighted by atomic mass is 10.2. The van der Waals surface area contributed by atoms with E-state index in [0.29, 0.717) is 0 Å². The van der Waals surface area contributed by atoms with Crippen molar-refractivity contribution in [1.82, 2.24) is 0 Å². The van der Waals surface area contributed by atoms with E-state index in [9.17, 15) is 13.2 Å². The first-order valence-electron chi connectivity index (χ1n) is 3.71. The summed E-state index contributed by atoms with van der Waals surface area (Å²) in [6.45, 7) is 0. The molecule has 14 heavy (non-hydrogen) atoms. The molecule has 6 heteroatoms. The van der Waals surface area contributed by atoms with Crippen molar-refractivity contribution in [3.8, 4) is 0 Å². The first-order valence-corrected chi connectivity index (χ1v) is 3.71. The van der Waals surface area contributed by atoms with Crippen LogP contribution in [-0.4, -0.2) is 7.11 Å². The largest absolute Gasteiger partial charge is 0.416 e. The number of hydrogen-bond acceptors (Lipinski definition) is 3. The third kappa shape index (κ3) is 2.36. The molecule has 0 atom stereocenters. The molecule has 0 amide bonds. The van der Waals surface area contributed by atoms with E-state index in [1.54, 1.807) is 0 Å². The highest BCUT2D eigenvalue weighted by molar-refractivity contribution is 5.45. The van der Waals surface area contributed by atoms with Crippen LogP contribution >= 0.6 is 0 Å². The van der Waals surface area contributed by atoms with Gasteiger partial charge in [-0.1, -0.05) is 6.07 Å². The van der Waals surface area contributed by atoms with Crippen molar-refractivity contribution < 1.29 is 18.0 Å². The fraction of sp³-hybridized carbons (Fsp3) is 0.250. The van der Waals surface area contributed by atoms with E-state index in [4.69, 9.17) is 5.84 Å².